The lowest BCUT2D eigenvalue weighted by molar-refractivity contribution is -0.187. The summed E-state index contributed by atoms with van der Waals surface area (Å²) in [6.07, 6.45) is -7.28. The number of benzene rings is 1. The third-order valence-corrected chi connectivity index (χ3v) is 3.17. The van der Waals surface area contributed by atoms with Gasteiger partial charge in [-0.2, -0.15) is 0 Å². The van der Waals surface area contributed by atoms with Gasteiger partial charge < -0.3 is 30.9 Å². The van der Waals surface area contributed by atoms with E-state index in [1.807, 2.05) is 0 Å². The fourth-order valence-electron chi connectivity index (χ4n) is 1.93. The number of aliphatic hydroxyl groups excluding tert-OH is 3. The normalized spacial score (nSPS) is 17.9. The molecule has 6 N–H and O–H groups in total. The number of ether oxygens (including phenoxy) is 1. The van der Waals surface area contributed by atoms with Crippen LogP contribution in [0.2, 0.25) is 0 Å². The summed E-state index contributed by atoms with van der Waals surface area (Å²) in [6, 6.07) is 8.08. The van der Waals surface area contributed by atoms with E-state index in [0.717, 1.165) is 6.92 Å². The Morgan fingerprint density at radius 3 is 2.23 bits per heavy atom. The molecule has 0 aliphatic rings. The molecule has 0 spiro atoms. The Balaban J connectivity index is 3.13. The number of carbonyl (C=O) groups is 2. The molecule has 0 fully saturated rings. The van der Waals surface area contributed by atoms with Gasteiger partial charge in [-0.1, -0.05) is 30.3 Å². The van der Waals surface area contributed by atoms with E-state index in [2.05, 4.69) is 4.74 Å². The van der Waals surface area contributed by atoms with Gasteiger partial charge >= 0.3 is 12.1 Å². The Morgan fingerprint density at radius 1 is 1.23 bits per heavy atom. The van der Waals surface area contributed by atoms with Crippen LogP contribution in [0.4, 0.5) is 4.79 Å². The predicted octanol–water partition coefficient (Wildman–Crippen LogP) is -1.32. The summed E-state index contributed by atoms with van der Waals surface area (Å²) in [5.41, 5.74) is 2.51. The van der Waals surface area contributed by atoms with Gasteiger partial charge in [-0.3, -0.25) is 0 Å². The first kappa shape index (κ1) is 18.1. The van der Waals surface area contributed by atoms with Crippen molar-refractivity contribution in [1.82, 2.24) is 0 Å². The molecule has 0 aromatic heterocycles. The van der Waals surface area contributed by atoms with Gasteiger partial charge in [0.05, 0.1) is 6.10 Å². The zero-order chi connectivity index (χ0) is 16.9. The monoisotopic (exact) mass is 313 g/mol. The summed E-state index contributed by atoms with van der Waals surface area (Å²) in [4.78, 5) is 22.6. The maximum absolute atomic E-state index is 11.9. The van der Waals surface area contributed by atoms with Crippen molar-refractivity contribution in [1.29, 1.82) is 0 Å². The summed E-state index contributed by atoms with van der Waals surface area (Å²) in [5, 5.41) is 39.5. The maximum atomic E-state index is 11.9. The molecule has 22 heavy (non-hydrogen) atoms. The fourth-order valence-corrected chi connectivity index (χ4v) is 1.93. The lowest BCUT2D eigenvalue weighted by Crippen LogP contribution is -2.59. The standard InChI is InChI=1S/C14H19NO7/c1-8(16)10(17)11(18)14(21,12(19)22-13(15)20)7-9-5-3-2-4-6-9/h2-6,8,10-11,16-18,21H,7H2,1H3,(H2,15,20)/t8-,10-,11+,14-/m1/s1. The van der Waals surface area contributed by atoms with Gasteiger partial charge in [-0.15, -0.1) is 0 Å². The fraction of sp³-hybridized carbons (Fsp3) is 0.429. The predicted molar refractivity (Wildman–Crippen MR) is 74.5 cm³/mol. The van der Waals surface area contributed by atoms with E-state index in [4.69, 9.17) is 5.73 Å². The molecule has 0 saturated heterocycles. The van der Waals surface area contributed by atoms with Crippen molar-refractivity contribution in [2.75, 3.05) is 0 Å². The number of carbonyl (C=O) groups excluding carboxylic acids is 2. The van der Waals surface area contributed by atoms with E-state index in [-0.39, 0.29) is 0 Å². The topological polar surface area (TPSA) is 150 Å². The number of primary amides is 1. The van der Waals surface area contributed by atoms with Crippen molar-refractivity contribution in [3.8, 4) is 0 Å². The third kappa shape index (κ3) is 4.25. The highest BCUT2D eigenvalue weighted by atomic mass is 16.6. The highest BCUT2D eigenvalue weighted by Gasteiger charge is 2.49. The molecule has 0 heterocycles. The Morgan fingerprint density at radius 2 is 1.77 bits per heavy atom. The number of aliphatic hydroxyl groups is 4. The van der Waals surface area contributed by atoms with Crippen LogP contribution in [0.3, 0.4) is 0 Å². The molecule has 122 valence electrons. The van der Waals surface area contributed by atoms with E-state index < -0.39 is 42.4 Å². The number of rotatable bonds is 6. The number of hydrogen-bond donors (Lipinski definition) is 5. The second kappa shape index (κ2) is 7.32. The van der Waals surface area contributed by atoms with Crippen LogP contribution in [-0.2, 0) is 16.0 Å². The van der Waals surface area contributed by atoms with Crippen molar-refractivity contribution in [3.05, 3.63) is 35.9 Å². The van der Waals surface area contributed by atoms with Crippen molar-refractivity contribution in [2.45, 2.75) is 37.3 Å². The van der Waals surface area contributed by atoms with Crippen molar-refractivity contribution in [2.24, 2.45) is 5.73 Å². The van der Waals surface area contributed by atoms with Gasteiger partial charge in [0, 0.05) is 6.42 Å². The van der Waals surface area contributed by atoms with E-state index in [1.54, 1.807) is 30.3 Å². The minimum atomic E-state index is -2.66. The SMILES string of the molecule is C[C@@H](O)[C@@H](O)[C@H](O)[C@](O)(Cc1ccccc1)C(=O)OC(N)=O. The second-order valence-electron chi connectivity index (χ2n) is 4.97. The Hall–Kier alpha value is -2.00. The summed E-state index contributed by atoms with van der Waals surface area (Å²) in [6.45, 7) is 1.16. The molecule has 8 heteroatoms. The van der Waals surface area contributed by atoms with Gasteiger partial charge in [0.15, 0.2) is 5.60 Å². The first-order valence-corrected chi connectivity index (χ1v) is 6.50. The third-order valence-electron chi connectivity index (χ3n) is 3.17. The van der Waals surface area contributed by atoms with Crippen LogP contribution in [-0.4, -0.2) is 56.4 Å². The molecule has 0 aliphatic heterocycles. The number of esters is 1. The largest absolute Gasteiger partial charge is 0.412 e. The van der Waals surface area contributed by atoms with Gasteiger partial charge in [0.1, 0.15) is 12.2 Å². The van der Waals surface area contributed by atoms with Gasteiger partial charge in [0.2, 0.25) is 0 Å². The molecule has 8 nitrogen and oxygen atoms in total. The van der Waals surface area contributed by atoms with Gasteiger partial charge in [0.25, 0.3) is 0 Å². The number of nitrogens with two attached hydrogens (primary N) is 1. The quantitative estimate of drug-likeness (QED) is 0.323. The van der Waals surface area contributed by atoms with Crippen LogP contribution < -0.4 is 5.73 Å². The molecule has 0 saturated carbocycles. The van der Waals surface area contributed by atoms with E-state index >= 15 is 0 Å². The first-order valence-electron chi connectivity index (χ1n) is 6.50. The van der Waals surface area contributed by atoms with E-state index in [0.29, 0.717) is 5.56 Å². The average Bonchev–Trinajstić information content (AvgIpc) is 2.45. The number of hydrogen-bond acceptors (Lipinski definition) is 7. The molecule has 1 rings (SSSR count). The molecular formula is C14H19NO7. The van der Waals surface area contributed by atoms with Crippen LogP contribution in [0, 0.1) is 0 Å². The van der Waals surface area contributed by atoms with Gasteiger partial charge in [-0.05, 0) is 12.5 Å². The summed E-state index contributed by atoms with van der Waals surface area (Å²) in [7, 11) is 0. The number of amides is 1. The second-order valence-corrected chi connectivity index (χ2v) is 4.97. The lowest BCUT2D eigenvalue weighted by atomic mass is 9.85. The highest BCUT2D eigenvalue weighted by Crippen LogP contribution is 2.23. The smallest absolute Gasteiger partial charge is 0.391 e. The lowest BCUT2D eigenvalue weighted by Gasteiger charge is -2.33. The van der Waals surface area contributed by atoms with Crippen LogP contribution in [0.15, 0.2) is 30.3 Å². The Labute approximate surface area is 126 Å². The highest BCUT2D eigenvalue weighted by molar-refractivity contribution is 5.89. The summed E-state index contributed by atoms with van der Waals surface area (Å²) < 4.78 is 4.14. The average molecular weight is 313 g/mol. The molecule has 4 atom stereocenters. The van der Waals surface area contributed by atoms with Gasteiger partial charge in [-0.25, -0.2) is 9.59 Å². The molecule has 0 unspecified atom stereocenters. The van der Waals surface area contributed by atoms with Crippen molar-refractivity contribution >= 4 is 12.1 Å². The Kier molecular flexibility index (Phi) is 6.01. The molecule has 1 aromatic rings. The summed E-state index contributed by atoms with van der Waals surface area (Å²) in [5.74, 6) is -1.52. The zero-order valence-corrected chi connectivity index (χ0v) is 11.9. The molecule has 1 aromatic carbocycles. The van der Waals surface area contributed by atoms with E-state index in [1.165, 1.54) is 0 Å². The van der Waals surface area contributed by atoms with Crippen LogP contribution in [0.1, 0.15) is 12.5 Å². The van der Waals surface area contributed by atoms with Crippen LogP contribution >= 0.6 is 0 Å². The van der Waals surface area contributed by atoms with Crippen molar-refractivity contribution in [3.63, 3.8) is 0 Å². The first-order chi connectivity index (χ1) is 10.2. The zero-order valence-electron chi connectivity index (χ0n) is 11.9. The molecule has 0 radical (unpaired) electrons. The van der Waals surface area contributed by atoms with E-state index in [9.17, 15) is 30.0 Å². The Bertz CT molecular complexity index is 519. The molecular weight excluding hydrogens is 294 g/mol. The minimum Gasteiger partial charge on any atom is -0.391 e. The van der Waals surface area contributed by atoms with Crippen LogP contribution in [0.25, 0.3) is 0 Å². The van der Waals surface area contributed by atoms with Crippen LogP contribution in [0.5, 0.6) is 0 Å². The molecule has 0 bridgehead atoms. The minimum absolute atomic E-state index is 0.434. The molecule has 0 aliphatic carbocycles. The molecule has 1 amide bonds. The maximum Gasteiger partial charge on any atom is 0.412 e. The summed E-state index contributed by atoms with van der Waals surface area (Å²) >= 11 is 0. The van der Waals surface area contributed by atoms with Crippen molar-refractivity contribution < 1.29 is 34.8 Å².